The summed E-state index contributed by atoms with van der Waals surface area (Å²) in [6.07, 6.45) is 19.3. The van der Waals surface area contributed by atoms with Crippen molar-refractivity contribution in [2.75, 3.05) is 42.5 Å². The molecule has 2 aromatic heterocycles. The molecule has 4 aromatic carbocycles. The smallest absolute Gasteiger partial charge is 0.259 e. The molecule has 6 amide bonds. The van der Waals surface area contributed by atoms with Crippen LogP contribution >= 0.6 is 12.4 Å². The average Bonchev–Trinajstić information content (AvgIpc) is 4.40. The first-order valence-electron chi connectivity index (χ1n) is 27.6. The Morgan fingerprint density at radius 2 is 1.10 bits per heavy atom. The molecular weight excluding hydrogens is 1040 g/mol. The van der Waals surface area contributed by atoms with Gasteiger partial charge in [0, 0.05) is 79.6 Å². The van der Waals surface area contributed by atoms with E-state index in [1.807, 2.05) is 79.1 Å². The molecule has 6 fully saturated rings. The van der Waals surface area contributed by atoms with Crippen molar-refractivity contribution in [3.63, 3.8) is 0 Å². The van der Waals surface area contributed by atoms with Gasteiger partial charge in [0.05, 0.1) is 53.4 Å². The lowest BCUT2D eigenvalue weighted by atomic mass is 9.97. The molecule has 8 heterocycles. The maximum atomic E-state index is 13.4. The number of aldehydes is 1. The van der Waals surface area contributed by atoms with Gasteiger partial charge in [-0.25, -0.2) is 0 Å². The number of aromatic nitrogens is 4. The van der Waals surface area contributed by atoms with Gasteiger partial charge in [0.25, 0.3) is 11.8 Å². The average molecular weight is 1100 g/mol. The highest BCUT2D eigenvalue weighted by atomic mass is 35.5. The van der Waals surface area contributed by atoms with Gasteiger partial charge in [0.1, 0.15) is 23.8 Å². The Morgan fingerprint density at radius 3 is 1.51 bits per heavy atom. The van der Waals surface area contributed by atoms with Crippen LogP contribution in [-0.4, -0.2) is 111 Å². The van der Waals surface area contributed by atoms with Crippen LogP contribution in [-0.2, 0) is 36.8 Å². The highest BCUT2D eigenvalue weighted by molar-refractivity contribution is 6.28. The normalized spacial score (nSPS) is 21.8. The molecule has 80 heavy (non-hydrogen) atoms. The number of piperidine rings is 4. The summed E-state index contributed by atoms with van der Waals surface area (Å²) in [6, 6.07) is 23.3. The van der Waals surface area contributed by atoms with Crippen molar-refractivity contribution in [1.82, 2.24) is 40.4 Å². The molecule has 3 N–H and O–H groups in total. The predicted octanol–water partition coefficient (Wildman–Crippen LogP) is 6.56. The fourth-order valence-corrected chi connectivity index (χ4v) is 12.4. The molecular formula is C60H61ClN12O7. The maximum absolute atomic E-state index is 13.4. The van der Waals surface area contributed by atoms with Gasteiger partial charge in [-0.15, -0.1) is 12.4 Å². The molecule has 2 atom stereocenters. The van der Waals surface area contributed by atoms with Crippen LogP contribution in [0.3, 0.4) is 0 Å². The number of hydrogen-bond acceptors (Lipinski definition) is 13. The van der Waals surface area contributed by atoms with E-state index in [9.17, 15) is 38.8 Å². The number of carbonyl (C=O) groups excluding carboxylic acids is 7. The summed E-state index contributed by atoms with van der Waals surface area (Å²) >= 11 is 0. The second-order valence-electron chi connectivity index (χ2n) is 22.5. The molecule has 4 saturated heterocycles. The van der Waals surface area contributed by atoms with Gasteiger partial charge < -0.3 is 15.0 Å². The molecule has 20 heteroatoms. The number of amides is 6. The summed E-state index contributed by atoms with van der Waals surface area (Å²) < 4.78 is 4.18. The molecule has 19 nitrogen and oxygen atoms in total. The Hall–Kier alpha value is -8.10. The van der Waals surface area contributed by atoms with Gasteiger partial charge in [0.2, 0.25) is 23.6 Å². The van der Waals surface area contributed by atoms with Crippen LogP contribution in [0.4, 0.5) is 11.4 Å². The lowest BCUT2D eigenvalue weighted by Gasteiger charge is -2.33. The van der Waals surface area contributed by atoms with Gasteiger partial charge >= 0.3 is 0 Å². The Bertz CT molecular complexity index is 3590. The number of hydrogen-bond donors (Lipinski definition) is 3. The predicted molar refractivity (Wildman–Crippen MR) is 298 cm³/mol. The molecule has 6 aromatic rings. The minimum Gasteiger partial charge on any atom is -0.317 e. The monoisotopic (exact) mass is 1100 g/mol. The number of imide groups is 2. The summed E-state index contributed by atoms with van der Waals surface area (Å²) in [4.78, 5) is 90.5. The Balaban J connectivity index is 0.000000150. The van der Waals surface area contributed by atoms with E-state index in [2.05, 4.69) is 53.8 Å². The fourth-order valence-electron chi connectivity index (χ4n) is 12.4. The van der Waals surface area contributed by atoms with E-state index < -0.39 is 29.3 Å². The molecule has 2 saturated carbocycles. The van der Waals surface area contributed by atoms with Crippen LogP contribution in [0.5, 0.6) is 0 Å². The minimum absolute atomic E-state index is 0. The number of halogens is 1. The largest absolute Gasteiger partial charge is 0.317 e. The Morgan fingerprint density at radius 1 is 0.613 bits per heavy atom. The lowest BCUT2D eigenvalue weighted by Crippen LogP contribution is -2.53. The molecule has 2 aliphatic carbocycles. The second kappa shape index (κ2) is 21.9. The number of likely N-dealkylation sites (tertiary alicyclic amines) is 1. The quantitative estimate of drug-likeness (QED) is 0.0920. The minimum atomic E-state index is -0.684. The third-order valence-electron chi connectivity index (χ3n) is 17.2. The summed E-state index contributed by atoms with van der Waals surface area (Å²) in [5.41, 5.74) is 6.54. The summed E-state index contributed by atoms with van der Waals surface area (Å²) in [5.74, 6) is -1.77. The Kier molecular flexibility index (Phi) is 14.7. The van der Waals surface area contributed by atoms with Crippen molar-refractivity contribution in [2.24, 2.45) is 10.8 Å². The molecule has 2 unspecified atom stereocenters. The summed E-state index contributed by atoms with van der Waals surface area (Å²) in [6.45, 7) is 4.93. The SMILES string of the molecule is Cl.N#CC1(C=O)CC1.N#CC1(CN2CCC(n3cc(Cc4ccc5c6c(cccc46)C(=O)N5C4CCC(=O)NC4=O)cn3)CC2)CC1.O=C1CCC(N2C(=O)c3cccc4c(Cc5cnn(C6CCNCC6)c5)ccc2c34)C(=O)N1. The van der Waals surface area contributed by atoms with Crippen LogP contribution in [0.25, 0.3) is 21.5 Å². The van der Waals surface area contributed by atoms with E-state index in [-0.39, 0.29) is 54.3 Å². The molecule has 8 aliphatic rings. The number of carbonyl (C=O) groups is 7. The number of rotatable bonds is 11. The van der Waals surface area contributed by atoms with Crippen molar-refractivity contribution < 1.29 is 33.6 Å². The first kappa shape index (κ1) is 53.9. The highest BCUT2D eigenvalue weighted by Crippen LogP contribution is 2.47. The van der Waals surface area contributed by atoms with Gasteiger partial charge in [-0.2, -0.15) is 20.7 Å². The molecule has 6 aliphatic heterocycles. The molecule has 0 bridgehead atoms. The van der Waals surface area contributed by atoms with Gasteiger partial charge in [-0.05, 0) is 135 Å². The number of nitriles is 2. The van der Waals surface area contributed by atoms with E-state index in [4.69, 9.17) is 10.4 Å². The Labute approximate surface area is 468 Å². The van der Waals surface area contributed by atoms with Crippen LogP contribution in [0.2, 0.25) is 0 Å². The fraction of sp³-hybridized carbons (Fsp3) is 0.417. The molecule has 0 radical (unpaired) electrons. The van der Waals surface area contributed by atoms with E-state index in [0.717, 1.165) is 152 Å². The van der Waals surface area contributed by atoms with Gasteiger partial charge in [0.15, 0.2) is 0 Å². The van der Waals surface area contributed by atoms with Crippen molar-refractivity contribution in [1.29, 1.82) is 10.5 Å². The second-order valence-corrected chi connectivity index (χ2v) is 22.5. The van der Waals surface area contributed by atoms with Crippen LogP contribution in [0, 0.1) is 33.5 Å². The summed E-state index contributed by atoms with van der Waals surface area (Å²) in [5, 5.41) is 38.8. The van der Waals surface area contributed by atoms with Crippen molar-refractivity contribution in [3.8, 4) is 12.1 Å². The molecule has 14 rings (SSSR count). The number of anilines is 2. The van der Waals surface area contributed by atoms with Crippen molar-refractivity contribution in [2.45, 2.75) is 114 Å². The van der Waals surface area contributed by atoms with Crippen molar-refractivity contribution >= 4 is 87.1 Å². The number of nitrogens with one attached hydrogen (secondary N) is 3. The lowest BCUT2D eigenvalue weighted by molar-refractivity contribution is -0.135. The molecule has 410 valence electrons. The molecule has 0 spiro atoms. The van der Waals surface area contributed by atoms with Crippen LogP contribution in [0.1, 0.15) is 132 Å². The number of benzene rings is 4. The van der Waals surface area contributed by atoms with E-state index >= 15 is 0 Å². The topological polar surface area (TPSA) is 249 Å². The summed E-state index contributed by atoms with van der Waals surface area (Å²) in [7, 11) is 0. The van der Waals surface area contributed by atoms with Crippen molar-refractivity contribution in [3.05, 3.63) is 119 Å². The third-order valence-corrected chi connectivity index (χ3v) is 17.2. The van der Waals surface area contributed by atoms with E-state index in [0.29, 0.717) is 42.5 Å². The number of nitrogens with zero attached hydrogens (tertiary/aromatic N) is 9. The van der Waals surface area contributed by atoms with Crippen LogP contribution < -0.4 is 25.8 Å². The van der Waals surface area contributed by atoms with E-state index in [1.165, 1.54) is 0 Å². The zero-order chi connectivity index (χ0) is 54.6. The van der Waals surface area contributed by atoms with Gasteiger partial charge in [-0.1, -0.05) is 36.4 Å². The standard InChI is InChI=1S/C30H30N6O3.C25H25N5O3.C5H5NO.ClH/c31-17-30(10-11-30)18-34-12-8-21(9-13-34)35-16-19(15-32-35)14-20-4-5-24-27-22(20)2-1-3-23(27)29(39)36(24)25-6-7-26(37)33-28(25)38;31-22-7-6-21(24(32)28-22)30-20-5-4-16(18-2-1-3-19(23(18)20)25(30)33)12-15-13-27-29(14-15)17-8-10-26-11-9-17;6-3-5(4-7)1-2-5;/h1-5,15-16,21,25H,6-14,18H2,(H,33,37,38);1-5,13-14,17,21,26H,6-12H2,(H,28,31,32);4H,1-2H2;1H. The zero-order valence-electron chi connectivity index (χ0n) is 44.2. The highest BCUT2D eigenvalue weighted by Gasteiger charge is 2.46. The first-order chi connectivity index (χ1) is 38.4. The zero-order valence-corrected chi connectivity index (χ0v) is 45.0. The van der Waals surface area contributed by atoms with Gasteiger partial charge in [-0.3, -0.25) is 58.6 Å². The third kappa shape index (κ3) is 10.3. The van der Waals surface area contributed by atoms with E-state index in [1.54, 1.807) is 9.80 Å². The van der Waals surface area contributed by atoms with Crippen LogP contribution in [0.15, 0.2) is 85.5 Å². The maximum Gasteiger partial charge on any atom is 0.259 e. The first-order valence-corrected chi connectivity index (χ1v) is 27.6.